The van der Waals surface area contributed by atoms with Gasteiger partial charge in [-0.25, -0.2) is 0 Å². The molecule has 2 aliphatic heterocycles. The minimum atomic E-state index is 0.299. The molecule has 2 rings (SSSR count). The van der Waals surface area contributed by atoms with Crippen LogP contribution in [0.2, 0.25) is 0 Å². The van der Waals surface area contributed by atoms with Gasteiger partial charge in [0.25, 0.3) is 0 Å². The zero-order valence-electron chi connectivity index (χ0n) is 10.9. The maximum absolute atomic E-state index is 5.90. The predicted octanol–water partition coefficient (Wildman–Crippen LogP) is 0.994. The van der Waals surface area contributed by atoms with Crippen LogP contribution in [0.15, 0.2) is 0 Å². The highest BCUT2D eigenvalue weighted by atomic mass is 16.5. The van der Waals surface area contributed by atoms with Crippen molar-refractivity contribution in [3.8, 4) is 0 Å². The predicted molar refractivity (Wildman–Crippen MR) is 68.0 cm³/mol. The first-order valence-corrected chi connectivity index (χ1v) is 7.01. The van der Waals surface area contributed by atoms with E-state index in [2.05, 4.69) is 11.8 Å². The number of nitrogens with zero attached hydrogens (tertiary/aromatic N) is 1. The van der Waals surface area contributed by atoms with E-state index in [0.29, 0.717) is 24.9 Å². The van der Waals surface area contributed by atoms with Crippen LogP contribution in [-0.4, -0.2) is 56.0 Å². The van der Waals surface area contributed by atoms with E-state index in [9.17, 15) is 0 Å². The maximum Gasteiger partial charge on any atom is 0.0707 e. The largest absolute Gasteiger partial charge is 0.377 e. The van der Waals surface area contributed by atoms with Gasteiger partial charge in [0.05, 0.1) is 18.3 Å². The molecule has 0 aliphatic carbocycles. The summed E-state index contributed by atoms with van der Waals surface area (Å²) in [5.41, 5.74) is 5.63. The van der Waals surface area contributed by atoms with Gasteiger partial charge >= 0.3 is 0 Å². The summed E-state index contributed by atoms with van der Waals surface area (Å²) in [4.78, 5) is 2.49. The van der Waals surface area contributed by atoms with Gasteiger partial charge in [0.15, 0.2) is 0 Å². The third-order valence-electron chi connectivity index (χ3n) is 3.78. The minimum Gasteiger partial charge on any atom is -0.377 e. The molecule has 4 nitrogen and oxygen atoms in total. The van der Waals surface area contributed by atoms with Crippen molar-refractivity contribution in [1.82, 2.24) is 4.90 Å². The molecule has 0 aromatic carbocycles. The fraction of sp³-hybridized carbons (Fsp3) is 1.00. The molecule has 2 fully saturated rings. The Hall–Kier alpha value is -0.160. The summed E-state index contributed by atoms with van der Waals surface area (Å²) in [6.07, 6.45) is 5.87. The van der Waals surface area contributed by atoms with Gasteiger partial charge in [-0.1, -0.05) is 0 Å². The molecule has 0 bridgehead atoms. The Morgan fingerprint density at radius 1 is 1.29 bits per heavy atom. The lowest BCUT2D eigenvalue weighted by molar-refractivity contribution is -0.0202. The lowest BCUT2D eigenvalue weighted by Gasteiger charge is -2.33. The lowest BCUT2D eigenvalue weighted by atomic mass is 10.1. The molecule has 17 heavy (non-hydrogen) atoms. The highest BCUT2D eigenvalue weighted by Gasteiger charge is 2.28. The smallest absolute Gasteiger partial charge is 0.0707 e. The number of piperidine rings is 1. The van der Waals surface area contributed by atoms with Crippen LogP contribution in [0.4, 0.5) is 0 Å². The molecule has 0 radical (unpaired) electrons. The second-order valence-corrected chi connectivity index (χ2v) is 5.17. The normalized spacial score (nSPS) is 35.3. The van der Waals surface area contributed by atoms with Crippen molar-refractivity contribution < 1.29 is 9.47 Å². The van der Waals surface area contributed by atoms with E-state index in [4.69, 9.17) is 15.2 Å². The van der Waals surface area contributed by atoms with Crippen molar-refractivity contribution in [2.24, 2.45) is 5.73 Å². The van der Waals surface area contributed by atoms with E-state index in [1.807, 2.05) is 0 Å². The first kappa shape index (κ1) is 13.3. The van der Waals surface area contributed by atoms with E-state index >= 15 is 0 Å². The average Bonchev–Trinajstić information content (AvgIpc) is 2.78. The monoisotopic (exact) mass is 242 g/mol. The van der Waals surface area contributed by atoms with Crippen LogP contribution >= 0.6 is 0 Å². The number of ether oxygens (including phenoxy) is 2. The van der Waals surface area contributed by atoms with Crippen molar-refractivity contribution in [2.45, 2.75) is 50.9 Å². The van der Waals surface area contributed by atoms with Crippen molar-refractivity contribution in [3.63, 3.8) is 0 Å². The van der Waals surface area contributed by atoms with Crippen LogP contribution in [-0.2, 0) is 9.47 Å². The summed E-state index contributed by atoms with van der Waals surface area (Å²) in [6, 6.07) is 0. The zero-order valence-corrected chi connectivity index (χ0v) is 10.9. The van der Waals surface area contributed by atoms with Crippen LogP contribution in [0.1, 0.15) is 32.6 Å². The standard InChI is InChI=1S/C13H26N2O2/c1-2-16-12-4-3-7-15(9-12)10-13-6-5-11(8-14)17-13/h11-13H,2-10,14H2,1H3. The van der Waals surface area contributed by atoms with E-state index in [1.165, 1.54) is 19.4 Å². The number of nitrogens with two attached hydrogens (primary N) is 1. The van der Waals surface area contributed by atoms with Crippen molar-refractivity contribution >= 4 is 0 Å². The highest BCUT2D eigenvalue weighted by molar-refractivity contribution is 4.80. The first-order valence-electron chi connectivity index (χ1n) is 7.01. The van der Waals surface area contributed by atoms with Gasteiger partial charge in [-0.3, -0.25) is 4.90 Å². The third-order valence-corrected chi connectivity index (χ3v) is 3.78. The fourth-order valence-corrected chi connectivity index (χ4v) is 2.93. The van der Waals surface area contributed by atoms with Crippen LogP contribution in [0.25, 0.3) is 0 Å². The van der Waals surface area contributed by atoms with Gasteiger partial charge in [-0.15, -0.1) is 0 Å². The summed E-state index contributed by atoms with van der Waals surface area (Å²) < 4.78 is 11.6. The van der Waals surface area contributed by atoms with Crippen LogP contribution in [0, 0.1) is 0 Å². The second-order valence-electron chi connectivity index (χ2n) is 5.17. The Labute approximate surface area is 104 Å². The molecule has 4 heteroatoms. The molecular weight excluding hydrogens is 216 g/mol. The number of rotatable bonds is 5. The highest BCUT2D eigenvalue weighted by Crippen LogP contribution is 2.21. The van der Waals surface area contributed by atoms with Gasteiger partial charge < -0.3 is 15.2 Å². The van der Waals surface area contributed by atoms with Gasteiger partial charge in [0, 0.05) is 26.2 Å². The molecule has 2 aliphatic rings. The molecule has 0 amide bonds. The molecule has 2 heterocycles. The SMILES string of the molecule is CCOC1CCCN(CC2CCC(CN)O2)C1. The van der Waals surface area contributed by atoms with Gasteiger partial charge in [0.2, 0.25) is 0 Å². The molecule has 0 aromatic heterocycles. The molecule has 0 aromatic rings. The van der Waals surface area contributed by atoms with Crippen molar-refractivity contribution in [1.29, 1.82) is 0 Å². The Morgan fingerprint density at radius 3 is 2.82 bits per heavy atom. The summed E-state index contributed by atoms with van der Waals surface area (Å²) >= 11 is 0. The summed E-state index contributed by atoms with van der Waals surface area (Å²) in [5, 5.41) is 0. The minimum absolute atomic E-state index is 0.299. The molecular formula is C13H26N2O2. The Kier molecular flexibility index (Phi) is 5.22. The Balaban J connectivity index is 1.71. The molecule has 100 valence electrons. The molecule has 0 spiro atoms. The number of likely N-dealkylation sites (tertiary alicyclic amines) is 1. The van der Waals surface area contributed by atoms with Crippen molar-refractivity contribution in [2.75, 3.05) is 32.8 Å². The van der Waals surface area contributed by atoms with Crippen LogP contribution in [0.5, 0.6) is 0 Å². The van der Waals surface area contributed by atoms with Gasteiger partial charge in [0.1, 0.15) is 0 Å². The maximum atomic E-state index is 5.90. The number of hydrogen-bond donors (Lipinski definition) is 1. The van der Waals surface area contributed by atoms with E-state index in [1.54, 1.807) is 0 Å². The van der Waals surface area contributed by atoms with E-state index in [-0.39, 0.29) is 0 Å². The number of hydrogen-bond acceptors (Lipinski definition) is 4. The summed E-state index contributed by atoms with van der Waals surface area (Å²) in [6.45, 7) is 6.88. The Bertz CT molecular complexity index is 223. The molecule has 3 unspecified atom stereocenters. The summed E-state index contributed by atoms with van der Waals surface area (Å²) in [5.74, 6) is 0. The average molecular weight is 242 g/mol. The topological polar surface area (TPSA) is 47.7 Å². The molecule has 3 atom stereocenters. The van der Waals surface area contributed by atoms with E-state index < -0.39 is 0 Å². The Morgan fingerprint density at radius 2 is 2.12 bits per heavy atom. The van der Waals surface area contributed by atoms with Gasteiger partial charge in [-0.05, 0) is 39.2 Å². The molecule has 0 saturated carbocycles. The second kappa shape index (κ2) is 6.69. The quantitative estimate of drug-likeness (QED) is 0.781. The first-order chi connectivity index (χ1) is 8.31. The third kappa shape index (κ3) is 3.91. The van der Waals surface area contributed by atoms with E-state index in [0.717, 1.165) is 32.5 Å². The van der Waals surface area contributed by atoms with Crippen LogP contribution in [0.3, 0.4) is 0 Å². The van der Waals surface area contributed by atoms with Gasteiger partial charge in [-0.2, -0.15) is 0 Å². The zero-order chi connectivity index (χ0) is 12.1. The molecule has 2 saturated heterocycles. The van der Waals surface area contributed by atoms with Crippen molar-refractivity contribution in [3.05, 3.63) is 0 Å². The molecule has 2 N–H and O–H groups in total. The van der Waals surface area contributed by atoms with Crippen LogP contribution < -0.4 is 5.73 Å². The fourth-order valence-electron chi connectivity index (χ4n) is 2.93. The lowest BCUT2D eigenvalue weighted by Crippen LogP contribution is -2.43. The summed E-state index contributed by atoms with van der Waals surface area (Å²) in [7, 11) is 0.